The second kappa shape index (κ2) is 5.73. The molecule has 0 bridgehead atoms. The molecule has 0 saturated carbocycles. The van der Waals surface area contributed by atoms with E-state index in [0.717, 1.165) is 6.26 Å². The Kier molecular flexibility index (Phi) is 3.88. The summed E-state index contributed by atoms with van der Waals surface area (Å²) in [4.78, 5) is 15.5. The first-order valence-electron chi connectivity index (χ1n) is 7.01. The largest absolute Gasteiger partial charge is 0.482 e. The normalized spacial score (nSPS) is 21.8. The molecule has 124 valence electrons. The van der Waals surface area contributed by atoms with E-state index >= 15 is 0 Å². The molecule has 0 radical (unpaired) electrons. The summed E-state index contributed by atoms with van der Waals surface area (Å²) in [6.45, 7) is 1.84. The van der Waals surface area contributed by atoms with Crippen molar-refractivity contribution in [2.45, 2.75) is 25.6 Å². The van der Waals surface area contributed by atoms with Crippen molar-refractivity contribution in [1.29, 1.82) is 0 Å². The van der Waals surface area contributed by atoms with E-state index in [-0.39, 0.29) is 18.9 Å². The SMILES string of the molecule is C[C@@H](OC1=NOC(=O)C1)[C@H]1CN(S(C)(=O)=O)c2ccccc2O1. The first-order valence-corrected chi connectivity index (χ1v) is 8.86. The Balaban J connectivity index is 1.81. The summed E-state index contributed by atoms with van der Waals surface area (Å²) in [5.41, 5.74) is 0.496. The summed E-state index contributed by atoms with van der Waals surface area (Å²) in [6, 6.07) is 6.90. The quantitative estimate of drug-likeness (QED) is 0.758. The zero-order valence-corrected chi connectivity index (χ0v) is 13.4. The number of oxime groups is 1. The molecule has 2 aliphatic heterocycles. The molecule has 2 heterocycles. The molecule has 2 aliphatic rings. The zero-order chi connectivity index (χ0) is 16.6. The van der Waals surface area contributed by atoms with Gasteiger partial charge in [-0.25, -0.2) is 13.2 Å². The molecular formula is C14H16N2O6S. The van der Waals surface area contributed by atoms with Gasteiger partial charge in [-0.05, 0) is 24.2 Å². The molecule has 1 aromatic rings. The van der Waals surface area contributed by atoms with E-state index in [1.165, 1.54) is 4.31 Å². The number of para-hydroxylation sites is 2. The van der Waals surface area contributed by atoms with Gasteiger partial charge in [0.1, 0.15) is 18.3 Å². The van der Waals surface area contributed by atoms with Crippen LogP contribution in [0.25, 0.3) is 0 Å². The fourth-order valence-electron chi connectivity index (χ4n) is 2.43. The summed E-state index contributed by atoms with van der Waals surface area (Å²) in [6.07, 6.45) is 0.0492. The molecule has 2 atom stereocenters. The number of carbonyl (C=O) groups is 1. The topological polar surface area (TPSA) is 94.5 Å². The molecule has 0 spiro atoms. The number of rotatable bonds is 3. The first kappa shape index (κ1) is 15.6. The summed E-state index contributed by atoms with van der Waals surface area (Å²) >= 11 is 0. The van der Waals surface area contributed by atoms with Crippen LogP contribution in [0.2, 0.25) is 0 Å². The molecule has 8 nitrogen and oxygen atoms in total. The van der Waals surface area contributed by atoms with Crippen molar-refractivity contribution >= 4 is 27.6 Å². The van der Waals surface area contributed by atoms with E-state index in [2.05, 4.69) is 9.99 Å². The van der Waals surface area contributed by atoms with Crippen molar-refractivity contribution < 1.29 is 27.5 Å². The van der Waals surface area contributed by atoms with Crippen LogP contribution < -0.4 is 9.04 Å². The van der Waals surface area contributed by atoms with Crippen LogP contribution in [0.15, 0.2) is 29.4 Å². The van der Waals surface area contributed by atoms with Crippen LogP contribution in [0.3, 0.4) is 0 Å². The van der Waals surface area contributed by atoms with Crippen LogP contribution in [0.4, 0.5) is 5.69 Å². The highest BCUT2D eigenvalue weighted by Crippen LogP contribution is 2.35. The molecule has 1 aromatic carbocycles. The van der Waals surface area contributed by atoms with Crippen LogP contribution in [-0.4, -0.2) is 45.3 Å². The van der Waals surface area contributed by atoms with Gasteiger partial charge in [0.2, 0.25) is 15.9 Å². The Hall–Kier alpha value is -2.29. The number of carbonyl (C=O) groups excluding carboxylic acids is 1. The van der Waals surface area contributed by atoms with Crippen LogP contribution in [0, 0.1) is 0 Å². The van der Waals surface area contributed by atoms with Gasteiger partial charge in [-0.3, -0.25) is 4.31 Å². The lowest BCUT2D eigenvalue weighted by Gasteiger charge is -2.36. The lowest BCUT2D eigenvalue weighted by Crippen LogP contribution is -2.48. The minimum absolute atomic E-state index is 0.0383. The number of fused-ring (bicyclic) bond motifs is 1. The average Bonchev–Trinajstić information content (AvgIpc) is 2.90. The average molecular weight is 340 g/mol. The number of anilines is 1. The van der Waals surface area contributed by atoms with Gasteiger partial charge in [0, 0.05) is 0 Å². The van der Waals surface area contributed by atoms with E-state index in [0.29, 0.717) is 11.4 Å². The molecule has 0 aromatic heterocycles. The molecule has 3 rings (SSSR count). The molecule has 0 N–H and O–H groups in total. The maximum absolute atomic E-state index is 12.0. The Labute approximate surface area is 133 Å². The van der Waals surface area contributed by atoms with Crippen molar-refractivity contribution in [1.82, 2.24) is 0 Å². The van der Waals surface area contributed by atoms with E-state index in [4.69, 9.17) is 9.47 Å². The maximum Gasteiger partial charge on any atom is 0.344 e. The second-order valence-electron chi connectivity index (χ2n) is 5.37. The Morgan fingerprint density at radius 2 is 2.13 bits per heavy atom. The van der Waals surface area contributed by atoms with Gasteiger partial charge in [-0.2, -0.15) is 0 Å². The molecule has 0 fully saturated rings. The number of benzene rings is 1. The van der Waals surface area contributed by atoms with Crippen LogP contribution >= 0.6 is 0 Å². The second-order valence-corrected chi connectivity index (χ2v) is 7.27. The lowest BCUT2D eigenvalue weighted by molar-refractivity contribution is -0.140. The van der Waals surface area contributed by atoms with Gasteiger partial charge < -0.3 is 14.3 Å². The fourth-order valence-corrected chi connectivity index (χ4v) is 3.35. The third-order valence-corrected chi connectivity index (χ3v) is 4.70. The molecule has 0 aliphatic carbocycles. The lowest BCUT2D eigenvalue weighted by atomic mass is 10.1. The third-order valence-electron chi connectivity index (χ3n) is 3.55. The van der Waals surface area contributed by atoms with Gasteiger partial charge in [0.05, 0.1) is 18.5 Å². The van der Waals surface area contributed by atoms with Crippen LogP contribution in [-0.2, 0) is 24.4 Å². The third kappa shape index (κ3) is 3.24. The predicted molar refractivity (Wildman–Crippen MR) is 81.7 cm³/mol. The van der Waals surface area contributed by atoms with Gasteiger partial charge in [-0.15, -0.1) is 0 Å². The molecule has 9 heteroatoms. The van der Waals surface area contributed by atoms with Gasteiger partial charge in [-0.1, -0.05) is 12.1 Å². The van der Waals surface area contributed by atoms with Crippen molar-refractivity contribution in [3.05, 3.63) is 24.3 Å². The molecule has 0 unspecified atom stereocenters. The number of sulfonamides is 1. The smallest absolute Gasteiger partial charge is 0.344 e. The monoisotopic (exact) mass is 340 g/mol. The highest BCUT2D eigenvalue weighted by molar-refractivity contribution is 7.92. The van der Waals surface area contributed by atoms with Gasteiger partial charge in [0.15, 0.2) is 6.10 Å². The standard InChI is InChI=1S/C14H16N2O6S/c1-9(20-13-7-14(17)22-15-13)12-8-16(23(2,18)19)10-5-3-4-6-11(10)21-12/h3-6,9,12H,7-8H2,1-2H3/t9-,12-/m1/s1. The van der Waals surface area contributed by atoms with Crippen molar-refractivity contribution in [3.63, 3.8) is 0 Å². The summed E-state index contributed by atoms with van der Waals surface area (Å²) in [7, 11) is -3.45. The highest BCUT2D eigenvalue weighted by Gasteiger charge is 2.35. The van der Waals surface area contributed by atoms with E-state index < -0.39 is 28.2 Å². The zero-order valence-electron chi connectivity index (χ0n) is 12.6. The summed E-state index contributed by atoms with van der Waals surface area (Å²) in [5, 5.41) is 3.52. The molecule has 0 amide bonds. The maximum atomic E-state index is 12.0. The van der Waals surface area contributed by atoms with Gasteiger partial charge in [0.25, 0.3) is 0 Å². The minimum Gasteiger partial charge on any atom is -0.482 e. The molecule has 0 saturated heterocycles. The highest BCUT2D eigenvalue weighted by atomic mass is 32.2. The van der Waals surface area contributed by atoms with E-state index in [1.807, 2.05) is 0 Å². The fraction of sp³-hybridized carbons (Fsp3) is 0.429. The Bertz CT molecular complexity index is 760. The van der Waals surface area contributed by atoms with E-state index in [1.54, 1.807) is 31.2 Å². The predicted octanol–water partition coefficient (Wildman–Crippen LogP) is 0.879. The Morgan fingerprint density at radius 1 is 1.39 bits per heavy atom. The van der Waals surface area contributed by atoms with Crippen LogP contribution in [0.1, 0.15) is 13.3 Å². The van der Waals surface area contributed by atoms with Gasteiger partial charge >= 0.3 is 5.97 Å². The van der Waals surface area contributed by atoms with E-state index in [9.17, 15) is 13.2 Å². The van der Waals surface area contributed by atoms with Crippen molar-refractivity contribution in [2.75, 3.05) is 17.1 Å². The number of ether oxygens (including phenoxy) is 2. The molecular weight excluding hydrogens is 324 g/mol. The summed E-state index contributed by atoms with van der Waals surface area (Å²) < 4.78 is 36.8. The number of nitrogens with zero attached hydrogens (tertiary/aromatic N) is 2. The van der Waals surface area contributed by atoms with Crippen molar-refractivity contribution in [2.24, 2.45) is 5.16 Å². The summed E-state index contributed by atoms with van der Waals surface area (Å²) in [5.74, 6) is 0.140. The van der Waals surface area contributed by atoms with Crippen LogP contribution in [0.5, 0.6) is 5.75 Å². The number of hydrogen-bond donors (Lipinski definition) is 0. The Morgan fingerprint density at radius 3 is 2.78 bits per heavy atom. The minimum atomic E-state index is -3.45. The number of hydrogen-bond acceptors (Lipinski definition) is 7. The molecule has 23 heavy (non-hydrogen) atoms. The van der Waals surface area contributed by atoms with Crippen molar-refractivity contribution in [3.8, 4) is 5.75 Å². The first-order chi connectivity index (χ1) is 10.8.